The normalized spacial score (nSPS) is 10.4. The minimum atomic E-state index is 0.492. The Morgan fingerprint density at radius 1 is 1.38 bits per heavy atom. The molecular weight excluding hydrogens is 202 g/mol. The second-order valence-electron chi connectivity index (χ2n) is 3.68. The molecule has 0 aliphatic carbocycles. The first-order chi connectivity index (χ1) is 7.74. The maximum Gasteiger partial charge on any atom is 0.110 e. The van der Waals surface area contributed by atoms with Crippen molar-refractivity contribution in [2.45, 2.75) is 20.4 Å². The van der Waals surface area contributed by atoms with Crippen molar-refractivity contribution < 1.29 is 0 Å². The summed E-state index contributed by atoms with van der Waals surface area (Å²) < 4.78 is 1.87. The van der Waals surface area contributed by atoms with Crippen molar-refractivity contribution in [2.75, 3.05) is 0 Å². The summed E-state index contributed by atoms with van der Waals surface area (Å²) in [5.41, 5.74) is 3.50. The Morgan fingerprint density at radius 2 is 2.19 bits per heavy atom. The Morgan fingerprint density at radius 3 is 2.75 bits per heavy atom. The van der Waals surface area contributed by atoms with E-state index in [0.29, 0.717) is 5.69 Å². The number of aryl methyl sites for hydroxylation is 2. The fourth-order valence-corrected chi connectivity index (χ4v) is 1.62. The maximum atomic E-state index is 10.5. The van der Waals surface area contributed by atoms with Crippen LogP contribution in [0.1, 0.15) is 12.5 Å². The lowest BCUT2D eigenvalue weighted by molar-refractivity contribution is 0.660. The van der Waals surface area contributed by atoms with Crippen LogP contribution in [0.3, 0.4) is 0 Å². The third-order valence-electron chi connectivity index (χ3n) is 2.59. The first kappa shape index (κ1) is 10.5. The van der Waals surface area contributed by atoms with Crippen molar-refractivity contribution >= 4 is 5.69 Å². The van der Waals surface area contributed by atoms with Gasteiger partial charge in [0.25, 0.3) is 0 Å². The fourth-order valence-electron chi connectivity index (χ4n) is 1.62. The first-order valence-electron chi connectivity index (χ1n) is 5.21. The molecule has 4 nitrogen and oxygen atoms in total. The molecule has 0 amide bonds. The van der Waals surface area contributed by atoms with Gasteiger partial charge in [0.1, 0.15) is 5.69 Å². The third kappa shape index (κ3) is 1.86. The Bertz CT molecular complexity index is 517. The molecule has 2 rings (SSSR count). The van der Waals surface area contributed by atoms with Crippen molar-refractivity contribution in [1.82, 2.24) is 9.78 Å². The summed E-state index contributed by atoms with van der Waals surface area (Å²) >= 11 is 0. The van der Waals surface area contributed by atoms with Gasteiger partial charge in [0.2, 0.25) is 0 Å². The van der Waals surface area contributed by atoms with Crippen LogP contribution in [0, 0.1) is 11.8 Å². The molecule has 0 unspecified atom stereocenters. The molecule has 1 heterocycles. The number of rotatable bonds is 3. The third-order valence-corrected chi connectivity index (χ3v) is 2.59. The van der Waals surface area contributed by atoms with Gasteiger partial charge in [-0.15, -0.1) is 4.91 Å². The SMILES string of the molecule is CCn1cc(-c2ccc(N=O)c(C)c2)cn1. The minimum absolute atomic E-state index is 0.492. The van der Waals surface area contributed by atoms with Crippen molar-refractivity contribution in [2.24, 2.45) is 5.18 Å². The molecule has 0 fully saturated rings. The predicted molar refractivity (Wildman–Crippen MR) is 63.5 cm³/mol. The Kier molecular flexibility index (Phi) is 2.81. The molecule has 0 aliphatic rings. The summed E-state index contributed by atoms with van der Waals surface area (Å²) in [7, 11) is 0. The highest BCUT2D eigenvalue weighted by Crippen LogP contribution is 2.25. The van der Waals surface area contributed by atoms with E-state index in [9.17, 15) is 4.91 Å². The molecule has 2 aromatic rings. The van der Waals surface area contributed by atoms with Gasteiger partial charge in [-0.2, -0.15) is 5.10 Å². The lowest BCUT2D eigenvalue weighted by atomic mass is 10.1. The van der Waals surface area contributed by atoms with Gasteiger partial charge >= 0.3 is 0 Å². The molecule has 4 heteroatoms. The summed E-state index contributed by atoms with van der Waals surface area (Å²) in [6.07, 6.45) is 3.81. The second kappa shape index (κ2) is 4.26. The highest BCUT2D eigenvalue weighted by Gasteiger charge is 2.04. The standard InChI is InChI=1S/C12H13N3O/c1-3-15-8-11(7-13-15)10-4-5-12(14-16)9(2)6-10/h4-8H,3H2,1-2H3. The number of benzene rings is 1. The smallest absolute Gasteiger partial charge is 0.110 e. The quantitative estimate of drug-likeness (QED) is 0.737. The van der Waals surface area contributed by atoms with E-state index < -0.39 is 0 Å². The summed E-state index contributed by atoms with van der Waals surface area (Å²) in [5.74, 6) is 0. The van der Waals surface area contributed by atoms with Crippen LogP contribution in [0.4, 0.5) is 5.69 Å². The molecule has 0 atom stereocenters. The lowest BCUT2D eigenvalue weighted by Crippen LogP contribution is -1.91. The van der Waals surface area contributed by atoms with Crippen molar-refractivity contribution in [3.63, 3.8) is 0 Å². The second-order valence-corrected chi connectivity index (χ2v) is 3.68. The molecule has 0 bridgehead atoms. The maximum absolute atomic E-state index is 10.5. The molecule has 1 aromatic heterocycles. The van der Waals surface area contributed by atoms with E-state index in [1.54, 1.807) is 6.07 Å². The fraction of sp³-hybridized carbons (Fsp3) is 0.250. The van der Waals surface area contributed by atoms with Gasteiger partial charge in [0.15, 0.2) is 0 Å². The molecular formula is C12H13N3O. The number of hydrogen-bond donors (Lipinski definition) is 0. The first-order valence-corrected chi connectivity index (χ1v) is 5.21. The van der Waals surface area contributed by atoms with E-state index in [2.05, 4.69) is 10.3 Å². The van der Waals surface area contributed by atoms with Crippen LogP contribution in [0.25, 0.3) is 11.1 Å². The monoisotopic (exact) mass is 215 g/mol. The average molecular weight is 215 g/mol. The van der Waals surface area contributed by atoms with E-state index in [1.165, 1.54) is 0 Å². The minimum Gasteiger partial charge on any atom is -0.272 e. The predicted octanol–water partition coefficient (Wildman–Crippen LogP) is 3.28. The molecule has 0 spiro atoms. The molecule has 0 saturated heterocycles. The van der Waals surface area contributed by atoms with Crippen LogP contribution in [0.15, 0.2) is 35.8 Å². The summed E-state index contributed by atoms with van der Waals surface area (Å²) in [4.78, 5) is 10.5. The highest BCUT2D eigenvalue weighted by atomic mass is 16.3. The van der Waals surface area contributed by atoms with Crippen LogP contribution in [0.5, 0.6) is 0 Å². The molecule has 0 N–H and O–H groups in total. The van der Waals surface area contributed by atoms with Gasteiger partial charge in [-0.05, 0) is 42.3 Å². The van der Waals surface area contributed by atoms with Crippen LogP contribution in [-0.4, -0.2) is 9.78 Å². The van der Waals surface area contributed by atoms with Crippen molar-refractivity contribution in [3.05, 3.63) is 41.1 Å². The largest absolute Gasteiger partial charge is 0.272 e. The molecule has 1 aromatic carbocycles. The van der Waals surface area contributed by atoms with Crippen LogP contribution >= 0.6 is 0 Å². The molecule has 16 heavy (non-hydrogen) atoms. The Hall–Kier alpha value is -1.97. The Balaban J connectivity index is 2.40. The zero-order valence-corrected chi connectivity index (χ0v) is 9.34. The number of nitroso groups, excluding NO2 is 1. The molecule has 0 radical (unpaired) electrons. The highest BCUT2D eigenvalue weighted by molar-refractivity contribution is 5.66. The van der Waals surface area contributed by atoms with Crippen molar-refractivity contribution in [1.29, 1.82) is 0 Å². The molecule has 82 valence electrons. The van der Waals surface area contributed by atoms with E-state index in [0.717, 1.165) is 23.2 Å². The van der Waals surface area contributed by atoms with Gasteiger partial charge in [-0.25, -0.2) is 0 Å². The van der Waals surface area contributed by atoms with Gasteiger partial charge in [0.05, 0.1) is 6.20 Å². The topological polar surface area (TPSA) is 47.2 Å². The van der Waals surface area contributed by atoms with Crippen LogP contribution in [0.2, 0.25) is 0 Å². The van der Waals surface area contributed by atoms with E-state index in [1.807, 2.05) is 43.1 Å². The van der Waals surface area contributed by atoms with E-state index in [-0.39, 0.29) is 0 Å². The number of hydrogen-bond acceptors (Lipinski definition) is 3. The Labute approximate surface area is 93.9 Å². The van der Waals surface area contributed by atoms with Gasteiger partial charge in [-0.3, -0.25) is 4.68 Å². The summed E-state index contributed by atoms with van der Waals surface area (Å²) in [6.45, 7) is 4.78. The number of aromatic nitrogens is 2. The summed E-state index contributed by atoms with van der Waals surface area (Å²) in [6, 6.07) is 5.58. The zero-order valence-electron chi connectivity index (χ0n) is 9.34. The van der Waals surface area contributed by atoms with Crippen molar-refractivity contribution in [3.8, 4) is 11.1 Å². The van der Waals surface area contributed by atoms with Crippen LogP contribution < -0.4 is 0 Å². The van der Waals surface area contributed by atoms with Gasteiger partial charge < -0.3 is 0 Å². The molecule has 0 saturated carbocycles. The average Bonchev–Trinajstić information content (AvgIpc) is 2.77. The van der Waals surface area contributed by atoms with Gasteiger partial charge in [-0.1, -0.05) is 6.07 Å². The van der Waals surface area contributed by atoms with E-state index >= 15 is 0 Å². The van der Waals surface area contributed by atoms with Crippen LogP contribution in [-0.2, 0) is 6.54 Å². The number of nitrogens with zero attached hydrogens (tertiary/aromatic N) is 3. The zero-order chi connectivity index (χ0) is 11.5. The summed E-state index contributed by atoms with van der Waals surface area (Å²) in [5, 5.41) is 7.17. The lowest BCUT2D eigenvalue weighted by Gasteiger charge is -2.00. The van der Waals surface area contributed by atoms with E-state index in [4.69, 9.17) is 0 Å². The van der Waals surface area contributed by atoms with Gasteiger partial charge in [0, 0.05) is 18.3 Å². The molecule has 0 aliphatic heterocycles.